The molecule has 0 saturated heterocycles. The number of hydrogen-bond donors (Lipinski definition) is 1. The van der Waals surface area contributed by atoms with Crippen LogP contribution in [0.5, 0.6) is 0 Å². The second-order valence-electron chi connectivity index (χ2n) is 3.79. The van der Waals surface area contributed by atoms with Gasteiger partial charge in [-0.05, 0) is 12.3 Å². The molecule has 0 aromatic carbocycles. The van der Waals surface area contributed by atoms with Gasteiger partial charge in [0.15, 0.2) is 0 Å². The lowest BCUT2D eigenvalue weighted by Crippen LogP contribution is -2.13. The van der Waals surface area contributed by atoms with Crippen molar-refractivity contribution >= 4 is 5.97 Å². The topological polar surface area (TPSA) is 78.3 Å². The van der Waals surface area contributed by atoms with Crippen LogP contribution in [0.3, 0.4) is 0 Å². The summed E-state index contributed by atoms with van der Waals surface area (Å²) in [5.41, 5.74) is 5.84. The van der Waals surface area contributed by atoms with Gasteiger partial charge in [-0.25, -0.2) is 9.78 Å². The predicted molar refractivity (Wildman–Crippen MR) is 54.2 cm³/mol. The molecule has 0 amide bonds. The van der Waals surface area contributed by atoms with Gasteiger partial charge in [-0.3, -0.25) is 0 Å². The molecule has 5 nitrogen and oxygen atoms in total. The Morgan fingerprint density at radius 2 is 2.33 bits per heavy atom. The van der Waals surface area contributed by atoms with Crippen LogP contribution < -0.4 is 5.73 Å². The van der Waals surface area contributed by atoms with Crippen molar-refractivity contribution in [2.75, 3.05) is 7.11 Å². The largest absolute Gasteiger partial charge is 0.463 e. The fourth-order valence-corrected chi connectivity index (χ4v) is 1.26. The van der Waals surface area contributed by atoms with Crippen LogP contribution in [-0.4, -0.2) is 18.1 Å². The number of rotatable bonds is 4. The number of carbonyl (C=O) groups excluding carboxylic acids is 1. The molecule has 15 heavy (non-hydrogen) atoms. The highest BCUT2D eigenvalue weighted by Crippen LogP contribution is 2.18. The number of ether oxygens (including phenoxy) is 1. The number of nitrogens with zero attached hydrogens (tertiary/aromatic N) is 1. The number of esters is 1. The van der Waals surface area contributed by atoms with Crippen molar-refractivity contribution in [1.82, 2.24) is 4.98 Å². The Morgan fingerprint density at radius 3 is 2.87 bits per heavy atom. The van der Waals surface area contributed by atoms with Gasteiger partial charge in [0.05, 0.1) is 19.3 Å². The summed E-state index contributed by atoms with van der Waals surface area (Å²) < 4.78 is 9.69. The Hall–Kier alpha value is -1.36. The van der Waals surface area contributed by atoms with E-state index in [2.05, 4.69) is 23.6 Å². The van der Waals surface area contributed by atoms with Crippen molar-refractivity contribution in [2.24, 2.45) is 11.7 Å². The molecule has 0 saturated carbocycles. The summed E-state index contributed by atoms with van der Waals surface area (Å²) in [4.78, 5) is 15.0. The van der Waals surface area contributed by atoms with Crippen LogP contribution in [0.15, 0.2) is 10.6 Å². The zero-order chi connectivity index (χ0) is 11.4. The Morgan fingerprint density at radius 1 is 1.67 bits per heavy atom. The zero-order valence-electron chi connectivity index (χ0n) is 9.19. The van der Waals surface area contributed by atoms with Crippen molar-refractivity contribution in [2.45, 2.75) is 26.3 Å². The third-order valence-corrected chi connectivity index (χ3v) is 1.95. The van der Waals surface area contributed by atoms with Crippen LogP contribution >= 0.6 is 0 Å². The molecule has 84 valence electrons. The van der Waals surface area contributed by atoms with Crippen LogP contribution in [-0.2, 0) is 4.74 Å². The van der Waals surface area contributed by atoms with Gasteiger partial charge in [0.25, 0.3) is 0 Å². The van der Waals surface area contributed by atoms with Crippen LogP contribution in [0, 0.1) is 5.92 Å². The zero-order valence-corrected chi connectivity index (χ0v) is 9.19. The third kappa shape index (κ3) is 3.06. The molecule has 0 radical (unpaired) electrons. The molecule has 5 heteroatoms. The summed E-state index contributed by atoms with van der Waals surface area (Å²) in [6.45, 7) is 4.12. The lowest BCUT2D eigenvalue weighted by atomic mass is 10.0. The lowest BCUT2D eigenvalue weighted by molar-refractivity contribution is 0.0562. The third-order valence-electron chi connectivity index (χ3n) is 1.95. The first kappa shape index (κ1) is 11.7. The molecule has 1 aromatic rings. The second kappa shape index (κ2) is 4.93. The molecule has 1 rings (SSSR count). The summed E-state index contributed by atoms with van der Waals surface area (Å²) in [5.74, 6) is 0.384. The van der Waals surface area contributed by atoms with Gasteiger partial charge in [0.1, 0.15) is 0 Å². The van der Waals surface area contributed by atoms with E-state index in [1.54, 1.807) is 0 Å². The highest BCUT2D eigenvalue weighted by molar-refractivity contribution is 5.85. The van der Waals surface area contributed by atoms with Gasteiger partial charge in [-0.15, -0.1) is 0 Å². The Bertz CT molecular complexity index is 333. The van der Waals surface area contributed by atoms with Crippen molar-refractivity contribution in [3.05, 3.63) is 17.8 Å². The smallest absolute Gasteiger partial charge is 0.375 e. The van der Waals surface area contributed by atoms with E-state index in [1.807, 2.05) is 0 Å². The quantitative estimate of drug-likeness (QED) is 0.765. The van der Waals surface area contributed by atoms with Gasteiger partial charge in [-0.2, -0.15) is 0 Å². The van der Waals surface area contributed by atoms with Crippen molar-refractivity contribution in [3.8, 4) is 0 Å². The molecule has 0 aliphatic heterocycles. The second-order valence-corrected chi connectivity index (χ2v) is 3.79. The average molecular weight is 212 g/mol. The van der Waals surface area contributed by atoms with Gasteiger partial charge in [0, 0.05) is 0 Å². The molecule has 1 aromatic heterocycles. The molecular formula is C10H16N2O3. The molecule has 0 fully saturated rings. The van der Waals surface area contributed by atoms with Gasteiger partial charge < -0.3 is 14.9 Å². The molecule has 0 aliphatic carbocycles. The number of nitrogens with two attached hydrogens (primary N) is 1. The SMILES string of the molecule is COC(=O)c1cnc([C@@H](N)CC(C)C)o1. The Labute approximate surface area is 88.6 Å². The highest BCUT2D eigenvalue weighted by Gasteiger charge is 2.17. The maximum atomic E-state index is 11.1. The number of methoxy groups -OCH3 is 1. The first-order valence-electron chi connectivity index (χ1n) is 4.84. The minimum atomic E-state index is -0.537. The fraction of sp³-hybridized carbons (Fsp3) is 0.600. The normalized spacial score (nSPS) is 12.9. The molecule has 1 atom stereocenters. The first-order valence-corrected chi connectivity index (χ1v) is 4.84. The van der Waals surface area contributed by atoms with E-state index in [0.717, 1.165) is 6.42 Å². The Kier molecular flexibility index (Phi) is 3.85. The van der Waals surface area contributed by atoms with Gasteiger partial charge in [0.2, 0.25) is 11.7 Å². The standard InChI is InChI=1S/C10H16N2O3/c1-6(2)4-7(11)9-12-5-8(15-9)10(13)14-3/h5-7H,4,11H2,1-3H3/t7-/m0/s1. The summed E-state index contributed by atoms with van der Waals surface area (Å²) in [7, 11) is 1.29. The molecule has 2 N–H and O–H groups in total. The minimum Gasteiger partial charge on any atom is -0.463 e. The van der Waals surface area contributed by atoms with E-state index < -0.39 is 5.97 Å². The van der Waals surface area contributed by atoms with E-state index in [9.17, 15) is 4.79 Å². The summed E-state index contributed by atoms with van der Waals surface area (Å²) >= 11 is 0. The van der Waals surface area contributed by atoms with Crippen LogP contribution in [0.2, 0.25) is 0 Å². The number of oxazole rings is 1. The fourth-order valence-electron chi connectivity index (χ4n) is 1.26. The lowest BCUT2D eigenvalue weighted by Gasteiger charge is -2.09. The molecular weight excluding hydrogens is 196 g/mol. The van der Waals surface area contributed by atoms with Crippen LogP contribution in [0.4, 0.5) is 0 Å². The van der Waals surface area contributed by atoms with Crippen molar-refractivity contribution in [3.63, 3.8) is 0 Å². The summed E-state index contributed by atoms with van der Waals surface area (Å²) in [6, 6.07) is -0.275. The number of hydrogen-bond acceptors (Lipinski definition) is 5. The van der Waals surface area contributed by atoms with E-state index in [1.165, 1.54) is 13.3 Å². The molecule has 0 aliphatic rings. The minimum absolute atomic E-state index is 0.0895. The highest BCUT2D eigenvalue weighted by atomic mass is 16.5. The van der Waals surface area contributed by atoms with E-state index in [4.69, 9.17) is 10.2 Å². The maximum Gasteiger partial charge on any atom is 0.375 e. The molecule has 0 unspecified atom stereocenters. The Balaban J connectivity index is 2.71. The van der Waals surface area contributed by atoms with E-state index in [0.29, 0.717) is 11.8 Å². The van der Waals surface area contributed by atoms with E-state index in [-0.39, 0.29) is 11.8 Å². The molecule has 0 bridgehead atoms. The van der Waals surface area contributed by atoms with Crippen molar-refractivity contribution < 1.29 is 13.9 Å². The number of aromatic nitrogens is 1. The molecule has 1 heterocycles. The average Bonchev–Trinajstić information content (AvgIpc) is 2.64. The monoisotopic (exact) mass is 212 g/mol. The van der Waals surface area contributed by atoms with Crippen LogP contribution in [0.25, 0.3) is 0 Å². The number of carbonyl (C=O) groups is 1. The van der Waals surface area contributed by atoms with Gasteiger partial charge >= 0.3 is 5.97 Å². The first-order chi connectivity index (χ1) is 7.04. The molecule has 0 spiro atoms. The maximum absolute atomic E-state index is 11.1. The van der Waals surface area contributed by atoms with Crippen LogP contribution in [0.1, 0.15) is 42.8 Å². The predicted octanol–water partition coefficient (Wildman–Crippen LogP) is 1.51. The van der Waals surface area contributed by atoms with Gasteiger partial charge in [-0.1, -0.05) is 13.8 Å². The summed E-state index contributed by atoms with van der Waals surface area (Å²) in [5, 5.41) is 0. The van der Waals surface area contributed by atoms with E-state index >= 15 is 0 Å². The summed E-state index contributed by atoms with van der Waals surface area (Å²) in [6.07, 6.45) is 2.10. The van der Waals surface area contributed by atoms with Crippen molar-refractivity contribution in [1.29, 1.82) is 0 Å².